The first-order chi connectivity index (χ1) is 11.5. The Hall–Kier alpha value is -2.76. The summed E-state index contributed by atoms with van der Waals surface area (Å²) in [7, 11) is 0. The predicted molar refractivity (Wildman–Crippen MR) is 88.0 cm³/mol. The van der Waals surface area contributed by atoms with Crippen molar-refractivity contribution in [1.29, 1.82) is 0 Å². The Balaban J connectivity index is 2.16. The van der Waals surface area contributed by atoms with Gasteiger partial charge in [0.25, 0.3) is 11.8 Å². The fourth-order valence-corrected chi connectivity index (χ4v) is 2.26. The standard InChI is InChI=1S/C18H18F2N2O2/c1-3-22(4-2)18(24)13-10-8-12(9-11-13)17(23)21-16-14(19)6-5-7-15(16)20/h5-11H,3-4H2,1-2H3,(H,21,23). The summed E-state index contributed by atoms with van der Waals surface area (Å²) in [6.45, 7) is 4.94. The fraction of sp³-hybridized carbons (Fsp3) is 0.222. The minimum absolute atomic E-state index is 0.132. The molecule has 2 aromatic carbocycles. The first-order valence-electron chi connectivity index (χ1n) is 7.62. The van der Waals surface area contributed by atoms with Crippen LogP contribution in [0.4, 0.5) is 14.5 Å². The molecule has 0 aliphatic carbocycles. The summed E-state index contributed by atoms with van der Waals surface area (Å²) < 4.78 is 27.1. The molecule has 126 valence electrons. The summed E-state index contributed by atoms with van der Waals surface area (Å²) in [5.41, 5.74) is 0.159. The number of halogens is 2. The van der Waals surface area contributed by atoms with Crippen LogP contribution in [0, 0.1) is 11.6 Å². The number of rotatable bonds is 5. The van der Waals surface area contributed by atoms with Gasteiger partial charge in [0.1, 0.15) is 17.3 Å². The van der Waals surface area contributed by atoms with Gasteiger partial charge in [-0.1, -0.05) is 6.07 Å². The van der Waals surface area contributed by atoms with Crippen molar-refractivity contribution in [3.8, 4) is 0 Å². The largest absolute Gasteiger partial charge is 0.339 e. The van der Waals surface area contributed by atoms with E-state index in [1.807, 2.05) is 13.8 Å². The average molecular weight is 332 g/mol. The molecule has 0 aromatic heterocycles. The van der Waals surface area contributed by atoms with Gasteiger partial charge in [-0.15, -0.1) is 0 Å². The second-order valence-electron chi connectivity index (χ2n) is 5.11. The van der Waals surface area contributed by atoms with Gasteiger partial charge in [0.15, 0.2) is 0 Å². The van der Waals surface area contributed by atoms with Crippen LogP contribution in [0.1, 0.15) is 34.6 Å². The van der Waals surface area contributed by atoms with Crippen LogP contribution in [0.2, 0.25) is 0 Å². The maximum atomic E-state index is 13.6. The van der Waals surface area contributed by atoms with Crippen LogP contribution in [0.25, 0.3) is 0 Å². The van der Waals surface area contributed by atoms with Crippen molar-refractivity contribution in [3.63, 3.8) is 0 Å². The van der Waals surface area contributed by atoms with Gasteiger partial charge in [-0.25, -0.2) is 8.78 Å². The van der Waals surface area contributed by atoms with Gasteiger partial charge in [-0.2, -0.15) is 0 Å². The molecule has 0 unspecified atom stereocenters. The van der Waals surface area contributed by atoms with Crippen LogP contribution in [-0.2, 0) is 0 Å². The lowest BCUT2D eigenvalue weighted by atomic mass is 10.1. The molecule has 0 aliphatic rings. The molecule has 0 bridgehead atoms. The van der Waals surface area contributed by atoms with E-state index < -0.39 is 23.2 Å². The molecular formula is C18H18F2N2O2. The van der Waals surface area contributed by atoms with Crippen LogP contribution >= 0.6 is 0 Å². The molecular weight excluding hydrogens is 314 g/mol. The summed E-state index contributed by atoms with van der Waals surface area (Å²) >= 11 is 0. The molecule has 2 aromatic rings. The Kier molecular flexibility index (Phi) is 5.63. The van der Waals surface area contributed by atoms with E-state index in [2.05, 4.69) is 5.32 Å². The quantitative estimate of drug-likeness (QED) is 0.907. The van der Waals surface area contributed by atoms with E-state index >= 15 is 0 Å². The maximum absolute atomic E-state index is 13.6. The molecule has 2 amide bonds. The number of carbonyl (C=O) groups is 2. The van der Waals surface area contributed by atoms with Gasteiger partial charge >= 0.3 is 0 Å². The van der Waals surface area contributed by atoms with Crippen molar-refractivity contribution in [2.45, 2.75) is 13.8 Å². The van der Waals surface area contributed by atoms with Crippen molar-refractivity contribution in [2.75, 3.05) is 18.4 Å². The Morgan fingerprint density at radius 2 is 1.42 bits per heavy atom. The lowest BCUT2D eigenvalue weighted by Gasteiger charge is -2.18. The monoisotopic (exact) mass is 332 g/mol. The van der Waals surface area contributed by atoms with Gasteiger partial charge in [-0.3, -0.25) is 9.59 Å². The molecule has 0 fully saturated rings. The topological polar surface area (TPSA) is 49.4 Å². The Labute approximate surface area is 139 Å². The van der Waals surface area contributed by atoms with Crippen LogP contribution < -0.4 is 5.32 Å². The lowest BCUT2D eigenvalue weighted by Crippen LogP contribution is -2.30. The molecule has 0 radical (unpaired) electrons. The average Bonchev–Trinajstić information content (AvgIpc) is 2.59. The van der Waals surface area contributed by atoms with E-state index in [0.29, 0.717) is 18.7 Å². The van der Waals surface area contributed by atoms with Crippen molar-refractivity contribution >= 4 is 17.5 Å². The summed E-state index contributed by atoms with van der Waals surface area (Å²) in [5.74, 6) is -2.48. The molecule has 0 aliphatic heterocycles. The predicted octanol–water partition coefficient (Wildman–Crippen LogP) is 3.70. The van der Waals surface area contributed by atoms with E-state index in [4.69, 9.17) is 0 Å². The van der Waals surface area contributed by atoms with E-state index in [-0.39, 0.29) is 11.5 Å². The minimum atomic E-state index is -0.850. The number of benzene rings is 2. The van der Waals surface area contributed by atoms with Crippen molar-refractivity contribution < 1.29 is 18.4 Å². The highest BCUT2D eigenvalue weighted by Crippen LogP contribution is 2.19. The van der Waals surface area contributed by atoms with Crippen molar-refractivity contribution in [3.05, 3.63) is 65.2 Å². The Morgan fingerprint density at radius 1 is 0.917 bits per heavy atom. The van der Waals surface area contributed by atoms with Crippen LogP contribution in [-0.4, -0.2) is 29.8 Å². The molecule has 4 nitrogen and oxygen atoms in total. The highest BCUT2D eigenvalue weighted by atomic mass is 19.1. The molecule has 6 heteroatoms. The summed E-state index contributed by atoms with van der Waals surface area (Å²) in [5, 5.41) is 2.20. The van der Waals surface area contributed by atoms with Gasteiger partial charge in [0, 0.05) is 24.2 Å². The Bertz CT molecular complexity index is 721. The summed E-state index contributed by atoms with van der Waals surface area (Å²) in [6.07, 6.45) is 0. The number of hydrogen-bond donors (Lipinski definition) is 1. The van der Waals surface area contributed by atoms with E-state index in [1.165, 1.54) is 30.3 Å². The second kappa shape index (κ2) is 7.68. The molecule has 24 heavy (non-hydrogen) atoms. The molecule has 0 saturated heterocycles. The lowest BCUT2D eigenvalue weighted by molar-refractivity contribution is 0.0772. The van der Waals surface area contributed by atoms with Crippen molar-refractivity contribution in [1.82, 2.24) is 4.90 Å². The highest BCUT2D eigenvalue weighted by molar-refractivity contribution is 6.05. The van der Waals surface area contributed by atoms with E-state index in [9.17, 15) is 18.4 Å². The molecule has 0 heterocycles. The SMILES string of the molecule is CCN(CC)C(=O)c1ccc(C(=O)Nc2c(F)cccc2F)cc1. The molecule has 0 saturated carbocycles. The smallest absolute Gasteiger partial charge is 0.255 e. The number of anilines is 1. The third-order valence-electron chi connectivity index (χ3n) is 3.65. The minimum Gasteiger partial charge on any atom is -0.339 e. The Morgan fingerprint density at radius 3 is 1.92 bits per heavy atom. The number of para-hydroxylation sites is 1. The third-order valence-corrected chi connectivity index (χ3v) is 3.65. The highest BCUT2D eigenvalue weighted by Gasteiger charge is 2.15. The maximum Gasteiger partial charge on any atom is 0.255 e. The third kappa shape index (κ3) is 3.76. The van der Waals surface area contributed by atoms with Crippen LogP contribution in [0.3, 0.4) is 0 Å². The second-order valence-corrected chi connectivity index (χ2v) is 5.11. The van der Waals surface area contributed by atoms with Gasteiger partial charge < -0.3 is 10.2 Å². The number of carbonyl (C=O) groups excluding carboxylic acids is 2. The van der Waals surface area contributed by atoms with E-state index in [0.717, 1.165) is 12.1 Å². The van der Waals surface area contributed by atoms with Crippen LogP contribution in [0.15, 0.2) is 42.5 Å². The van der Waals surface area contributed by atoms with Crippen molar-refractivity contribution in [2.24, 2.45) is 0 Å². The number of amides is 2. The zero-order valence-corrected chi connectivity index (χ0v) is 13.5. The zero-order chi connectivity index (χ0) is 17.7. The summed E-state index contributed by atoms with van der Waals surface area (Å²) in [4.78, 5) is 26.0. The van der Waals surface area contributed by atoms with Gasteiger partial charge in [-0.05, 0) is 50.2 Å². The summed E-state index contributed by atoms with van der Waals surface area (Å²) in [6, 6.07) is 9.28. The number of nitrogens with one attached hydrogen (secondary N) is 1. The van der Waals surface area contributed by atoms with Gasteiger partial charge in [0.2, 0.25) is 0 Å². The fourth-order valence-electron chi connectivity index (χ4n) is 2.26. The van der Waals surface area contributed by atoms with Gasteiger partial charge in [0.05, 0.1) is 0 Å². The zero-order valence-electron chi connectivity index (χ0n) is 13.5. The molecule has 1 N–H and O–H groups in total. The first-order valence-corrected chi connectivity index (χ1v) is 7.62. The molecule has 2 rings (SSSR count). The first kappa shape index (κ1) is 17.6. The number of nitrogens with zero attached hydrogens (tertiary/aromatic N) is 1. The molecule has 0 atom stereocenters. The van der Waals surface area contributed by atoms with E-state index in [1.54, 1.807) is 4.90 Å². The normalized spacial score (nSPS) is 10.3. The molecule has 0 spiro atoms. The van der Waals surface area contributed by atoms with Crippen LogP contribution in [0.5, 0.6) is 0 Å². The number of hydrogen-bond acceptors (Lipinski definition) is 2.